The topological polar surface area (TPSA) is 39.5 Å². The second-order valence-corrected chi connectivity index (χ2v) is 8.64. The summed E-state index contributed by atoms with van der Waals surface area (Å²) in [5.74, 6) is 1.53. The van der Waals surface area contributed by atoms with Crippen LogP contribution in [0.15, 0.2) is 42.5 Å². The van der Waals surface area contributed by atoms with Gasteiger partial charge in [0.15, 0.2) is 15.5 Å². The number of rotatable bonds is 5. The molecule has 0 bridgehead atoms. The maximum Gasteiger partial charge on any atom is 0.180 e. The van der Waals surface area contributed by atoms with Crippen LogP contribution in [0.25, 0.3) is 0 Å². The maximum absolute atomic E-state index is 5.59. The fourth-order valence-corrected chi connectivity index (χ4v) is 4.90. The molecule has 7 heteroatoms. The van der Waals surface area contributed by atoms with Crippen molar-refractivity contribution < 1.29 is 9.47 Å². The van der Waals surface area contributed by atoms with E-state index in [0.29, 0.717) is 6.67 Å². The molecule has 5 nitrogen and oxygen atoms in total. The first-order valence-corrected chi connectivity index (χ1v) is 10.4. The zero-order chi connectivity index (χ0) is 19.7. The zero-order valence-corrected chi connectivity index (χ0v) is 17.8. The molecular weight excluding hydrogens is 390 g/mol. The average molecular weight is 414 g/mol. The number of fused-ring (bicyclic) bond motifs is 1. The van der Waals surface area contributed by atoms with Crippen molar-refractivity contribution in [3.63, 3.8) is 0 Å². The second-order valence-electron chi connectivity index (χ2n) is 6.81. The Hall–Kier alpha value is -2.22. The Bertz CT molecular complexity index is 1030. The zero-order valence-electron chi connectivity index (χ0n) is 16.2. The lowest BCUT2D eigenvalue weighted by molar-refractivity contribution is 0.155. The van der Waals surface area contributed by atoms with Gasteiger partial charge in [0.1, 0.15) is 5.01 Å². The summed E-state index contributed by atoms with van der Waals surface area (Å²) in [4.78, 5) is 2.43. The summed E-state index contributed by atoms with van der Waals surface area (Å²) < 4.78 is 13.8. The molecule has 1 aliphatic rings. The van der Waals surface area contributed by atoms with Crippen LogP contribution in [0.3, 0.4) is 0 Å². The number of aryl methyl sites for hydroxylation is 1. The van der Waals surface area contributed by atoms with Gasteiger partial charge in [-0.3, -0.25) is 4.90 Å². The number of benzene rings is 2. The van der Waals surface area contributed by atoms with E-state index in [0.717, 1.165) is 33.4 Å². The normalized spacial score (nSPS) is 16.6. The van der Waals surface area contributed by atoms with Gasteiger partial charge in [-0.15, -0.1) is 0 Å². The molecule has 1 aromatic heterocycles. The van der Waals surface area contributed by atoms with Crippen molar-refractivity contribution in [1.29, 1.82) is 0 Å². The predicted octanol–water partition coefficient (Wildman–Crippen LogP) is 4.60. The molecular formula is C21H23N3O2S2. The molecule has 0 aliphatic carbocycles. The van der Waals surface area contributed by atoms with Gasteiger partial charge in [-0.25, -0.2) is 4.68 Å². The molecule has 2 aromatic carbocycles. The largest absolute Gasteiger partial charge is 0.493 e. The van der Waals surface area contributed by atoms with Crippen molar-refractivity contribution in [2.75, 3.05) is 20.8 Å². The molecule has 0 N–H and O–H groups in total. The molecule has 2 heterocycles. The minimum atomic E-state index is 0.105. The molecule has 4 rings (SSSR count). The molecule has 0 unspecified atom stereocenters. The van der Waals surface area contributed by atoms with Gasteiger partial charge in [-0.2, -0.15) is 5.10 Å². The highest BCUT2D eigenvalue weighted by Crippen LogP contribution is 2.41. The third kappa shape index (κ3) is 3.57. The minimum absolute atomic E-state index is 0.105. The van der Waals surface area contributed by atoms with E-state index in [1.54, 1.807) is 25.6 Å². The highest BCUT2D eigenvalue weighted by atomic mass is 32.1. The first kappa shape index (κ1) is 19.1. The fourth-order valence-electron chi connectivity index (χ4n) is 3.85. The average Bonchev–Trinajstić information content (AvgIpc) is 3.04. The molecule has 28 heavy (non-hydrogen) atoms. The molecule has 0 fully saturated rings. The maximum atomic E-state index is 5.59. The summed E-state index contributed by atoms with van der Waals surface area (Å²) in [6.45, 7) is 3.57. The molecule has 1 aliphatic heterocycles. The van der Waals surface area contributed by atoms with E-state index in [4.69, 9.17) is 21.7 Å². The molecule has 0 amide bonds. The van der Waals surface area contributed by atoms with Crippen molar-refractivity contribution in [2.45, 2.75) is 26.1 Å². The van der Waals surface area contributed by atoms with Crippen LogP contribution in [0.2, 0.25) is 0 Å². The third-order valence-corrected chi connectivity index (χ3v) is 6.33. The van der Waals surface area contributed by atoms with Gasteiger partial charge in [-0.1, -0.05) is 41.7 Å². The summed E-state index contributed by atoms with van der Waals surface area (Å²) in [7, 11) is 3.36. The van der Waals surface area contributed by atoms with Crippen molar-refractivity contribution in [2.24, 2.45) is 0 Å². The van der Waals surface area contributed by atoms with E-state index < -0.39 is 0 Å². The quantitative estimate of drug-likeness (QED) is 0.572. The predicted molar refractivity (Wildman–Crippen MR) is 114 cm³/mol. The Kier molecular flexibility index (Phi) is 5.48. The van der Waals surface area contributed by atoms with Crippen LogP contribution in [-0.4, -0.2) is 35.4 Å². The number of ether oxygens (including phenoxy) is 2. The van der Waals surface area contributed by atoms with Gasteiger partial charge in [0.25, 0.3) is 0 Å². The van der Waals surface area contributed by atoms with E-state index in [2.05, 4.69) is 46.4 Å². The fraction of sp³-hybridized carbons (Fsp3) is 0.333. The number of hydrogen-bond acceptors (Lipinski definition) is 6. The van der Waals surface area contributed by atoms with Crippen LogP contribution in [0, 0.1) is 10.9 Å². The number of nitrogens with zero attached hydrogens (tertiary/aromatic N) is 3. The lowest BCUT2D eigenvalue weighted by Crippen LogP contribution is -2.37. The smallest absolute Gasteiger partial charge is 0.180 e. The lowest BCUT2D eigenvalue weighted by atomic mass is 9.88. The van der Waals surface area contributed by atoms with Crippen LogP contribution in [0.1, 0.15) is 27.7 Å². The Morgan fingerprint density at radius 3 is 2.50 bits per heavy atom. The van der Waals surface area contributed by atoms with E-state index in [1.807, 2.05) is 17.7 Å². The van der Waals surface area contributed by atoms with Crippen LogP contribution in [-0.2, 0) is 13.1 Å². The first-order valence-electron chi connectivity index (χ1n) is 9.19. The summed E-state index contributed by atoms with van der Waals surface area (Å²) in [6.07, 6.45) is 0.940. The Labute approximate surface area is 174 Å². The van der Waals surface area contributed by atoms with Gasteiger partial charge >= 0.3 is 0 Å². The Balaban J connectivity index is 1.80. The first-order chi connectivity index (χ1) is 13.6. The number of methoxy groups -OCH3 is 2. The van der Waals surface area contributed by atoms with Gasteiger partial charge in [0.05, 0.1) is 26.9 Å². The monoisotopic (exact) mass is 413 g/mol. The summed E-state index contributed by atoms with van der Waals surface area (Å²) in [6, 6.07) is 14.9. The molecule has 0 spiro atoms. The summed E-state index contributed by atoms with van der Waals surface area (Å²) in [5, 5.41) is 5.58. The molecule has 1 atom stereocenters. The third-order valence-electron chi connectivity index (χ3n) is 5.11. The van der Waals surface area contributed by atoms with Gasteiger partial charge in [-0.05, 0) is 54.4 Å². The molecule has 0 saturated heterocycles. The van der Waals surface area contributed by atoms with Gasteiger partial charge in [0.2, 0.25) is 0 Å². The Morgan fingerprint density at radius 1 is 1.14 bits per heavy atom. The van der Waals surface area contributed by atoms with E-state index >= 15 is 0 Å². The summed E-state index contributed by atoms with van der Waals surface area (Å²) >= 11 is 7.06. The molecule has 0 saturated carbocycles. The molecule has 146 valence electrons. The van der Waals surface area contributed by atoms with E-state index in [1.165, 1.54) is 16.7 Å². The highest BCUT2D eigenvalue weighted by Gasteiger charge is 2.30. The highest BCUT2D eigenvalue weighted by molar-refractivity contribution is 7.73. The number of hydrogen-bond donors (Lipinski definition) is 0. The van der Waals surface area contributed by atoms with Crippen LogP contribution in [0.4, 0.5) is 0 Å². The molecule has 3 aromatic rings. The van der Waals surface area contributed by atoms with Crippen LogP contribution >= 0.6 is 23.6 Å². The van der Waals surface area contributed by atoms with Crippen molar-refractivity contribution in [3.05, 3.63) is 68.1 Å². The van der Waals surface area contributed by atoms with Crippen LogP contribution < -0.4 is 9.47 Å². The van der Waals surface area contributed by atoms with Crippen molar-refractivity contribution >= 4 is 23.6 Å². The SMILES string of the molecule is COc1cc2c(cc1OC)[C@H](c1ccccc1)N(Cn1nc(C)sc1=S)CC2. The van der Waals surface area contributed by atoms with Crippen molar-refractivity contribution in [3.8, 4) is 11.5 Å². The number of aromatic nitrogens is 2. The van der Waals surface area contributed by atoms with E-state index in [-0.39, 0.29) is 6.04 Å². The lowest BCUT2D eigenvalue weighted by Gasteiger charge is -2.37. The molecule has 0 radical (unpaired) electrons. The summed E-state index contributed by atoms with van der Waals surface area (Å²) in [5.41, 5.74) is 3.78. The minimum Gasteiger partial charge on any atom is -0.493 e. The van der Waals surface area contributed by atoms with Gasteiger partial charge < -0.3 is 9.47 Å². The Morgan fingerprint density at radius 2 is 1.86 bits per heavy atom. The second kappa shape index (κ2) is 8.03. The standard InChI is InChI=1S/C21H23N3O2S2/c1-14-22-24(21(27)28-14)13-23-10-9-16-11-18(25-2)19(26-3)12-17(16)20(23)15-7-5-4-6-8-15/h4-8,11-12,20H,9-10,13H2,1-3H3/t20-/m0/s1. The van der Waals surface area contributed by atoms with E-state index in [9.17, 15) is 0 Å². The van der Waals surface area contributed by atoms with Crippen molar-refractivity contribution in [1.82, 2.24) is 14.7 Å². The van der Waals surface area contributed by atoms with Gasteiger partial charge in [0, 0.05) is 6.54 Å². The van der Waals surface area contributed by atoms with Crippen LogP contribution in [0.5, 0.6) is 11.5 Å².